The molecule has 1 atom stereocenters. The van der Waals surface area contributed by atoms with Gasteiger partial charge >= 0.3 is 0 Å². The number of carbonyl (C=O) groups is 2. The minimum absolute atomic E-state index is 0.428. The predicted molar refractivity (Wildman–Crippen MR) is 78.3 cm³/mol. The summed E-state index contributed by atoms with van der Waals surface area (Å²) in [5, 5.41) is 12.6. The third-order valence-corrected chi connectivity index (χ3v) is 3.38. The summed E-state index contributed by atoms with van der Waals surface area (Å²) >= 11 is 0. The molecule has 0 saturated carbocycles. The van der Waals surface area contributed by atoms with Crippen LogP contribution in [0.2, 0.25) is 0 Å². The monoisotopic (exact) mass is 300 g/mol. The zero-order valence-electron chi connectivity index (χ0n) is 12.0. The topological polar surface area (TPSA) is 69.2 Å². The van der Waals surface area contributed by atoms with Gasteiger partial charge < -0.3 is 15.2 Å². The van der Waals surface area contributed by atoms with Gasteiger partial charge in [0.15, 0.2) is 0 Å². The lowest BCUT2D eigenvalue weighted by Crippen LogP contribution is -2.39. The van der Waals surface area contributed by atoms with Gasteiger partial charge in [-0.15, -0.1) is 0 Å². The van der Waals surface area contributed by atoms with Gasteiger partial charge in [-0.2, -0.15) is 0 Å². The Labute approximate surface area is 127 Å². The van der Waals surface area contributed by atoms with Crippen molar-refractivity contribution in [1.29, 1.82) is 0 Å². The van der Waals surface area contributed by atoms with Crippen molar-refractivity contribution >= 4 is 11.9 Å². The van der Waals surface area contributed by atoms with Crippen molar-refractivity contribution in [2.75, 3.05) is 6.54 Å². The third kappa shape index (κ3) is 3.69. The molecule has 0 radical (unpaired) electrons. The Morgan fingerprint density at radius 1 is 1.18 bits per heavy atom. The van der Waals surface area contributed by atoms with Gasteiger partial charge in [0.05, 0.1) is 18.4 Å². The normalized spacial score (nSPS) is 11.7. The van der Waals surface area contributed by atoms with Crippen molar-refractivity contribution in [1.82, 2.24) is 5.32 Å². The molecule has 0 fully saturated rings. The van der Waals surface area contributed by atoms with Crippen LogP contribution in [0.15, 0.2) is 48.5 Å². The molecule has 0 saturated heterocycles. The van der Waals surface area contributed by atoms with Crippen LogP contribution in [0, 0.1) is 5.82 Å². The second kappa shape index (κ2) is 6.85. The molecular formula is C17H15FNO3-. The van der Waals surface area contributed by atoms with Gasteiger partial charge in [0.25, 0.3) is 0 Å². The van der Waals surface area contributed by atoms with E-state index in [1.54, 1.807) is 31.2 Å². The van der Waals surface area contributed by atoms with E-state index in [1.165, 1.54) is 6.07 Å². The molecule has 5 heteroatoms. The van der Waals surface area contributed by atoms with E-state index < -0.39 is 30.2 Å². The molecule has 0 aliphatic carbocycles. The fourth-order valence-electron chi connectivity index (χ4n) is 2.12. The first-order valence-corrected chi connectivity index (χ1v) is 6.81. The Kier molecular flexibility index (Phi) is 4.88. The van der Waals surface area contributed by atoms with Crippen LogP contribution < -0.4 is 10.4 Å². The van der Waals surface area contributed by atoms with Gasteiger partial charge in [0.2, 0.25) is 5.91 Å². The maximum atomic E-state index is 14.2. The second-order valence-corrected chi connectivity index (χ2v) is 4.92. The highest BCUT2D eigenvalue weighted by molar-refractivity contribution is 5.86. The molecule has 0 aliphatic rings. The van der Waals surface area contributed by atoms with Crippen molar-refractivity contribution < 1.29 is 19.1 Å². The van der Waals surface area contributed by atoms with Gasteiger partial charge in [0.1, 0.15) is 5.82 Å². The van der Waals surface area contributed by atoms with Crippen LogP contribution in [0.4, 0.5) is 4.39 Å². The summed E-state index contributed by atoms with van der Waals surface area (Å²) < 4.78 is 14.2. The standard InChI is InChI=1S/C17H16FNO3/c1-11(17(22)19-10-16(20)21)13-7-8-14(15(18)9-13)12-5-3-2-4-6-12/h2-9,11H,10H2,1H3,(H,19,22)(H,20,21)/p-1/t11-/m1/s1. The van der Waals surface area contributed by atoms with Crippen LogP contribution in [-0.2, 0) is 9.59 Å². The molecule has 4 nitrogen and oxygen atoms in total. The molecule has 0 aromatic heterocycles. The number of carbonyl (C=O) groups excluding carboxylic acids is 2. The molecule has 2 rings (SSSR count). The highest BCUT2D eigenvalue weighted by Gasteiger charge is 2.16. The predicted octanol–water partition coefficient (Wildman–Crippen LogP) is 1.46. The van der Waals surface area contributed by atoms with Crippen molar-refractivity contribution in [2.45, 2.75) is 12.8 Å². The lowest BCUT2D eigenvalue weighted by atomic mass is 9.96. The largest absolute Gasteiger partial charge is 0.548 e. The fourth-order valence-corrected chi connectivity index (χ4v) is 2.12. The van der Waals surface area contributed by atoms with E-state index in [2.05, 4.69) is 5.32 Å². The molecule has 2 aromatic carbocycles. The van der Waals surface area contributed by atoms with E-state index in [9.17, 15) is 19.1 Å². The first kappa shape index (κ1) is 15.7. The average Bonchev–Trinajstić information content (AvgIpc) is 2.52. The number of hydrogen-bond donors (Lipinski definition) is 1. The Balaban J connectivity index is 2.18. The van der Waals surface area contributed by atoms with Gasteiger partial charge in [0, 0.05) is 5.56 Å². The van der Waals surface area contributed by atoms with Gasteiger partial charge in [-0.05, 0) is 24.1 Å². The van der Waals surface area contributed by atoms with Crippen LogP contribution in [0.3, 0.4) is 0 Å². The van der Waals surface area contributed by atoms with Crippen molar-refractivity contribution in [3.8, 4) is 11.1 Å². The smallest absolute Gasteiger partial charge is 0.227 e. The molecule has 0 spiro atoms. The number of halogens is 1. The molecule has 0 heterocycles. The number of aliphatic carboxylic acids is 1. The summed E-state index contributed by atoms with van der Waals surface area (Å²) in [5.41, 5.74) is 1.68. The van der Waals surface area contributed by atoms with Gasteiger partial charge in [-0.1, -0.05) is 42.5 Å². The maximum absolute atomic E-state index is 14.2. The molecular weight excluding hydrogens is 285 g/mol. The van der Waals surface area contributed by atoms with E-state index in [0.717, 1.165) is 5.56 Å². The van der Waals surface area contributed by atoms with Gasteiger partial charge in [-0.3, -0.25) is 4.79 Å². The summed E-state index contributed by atoms with van der Waals surface area (Å²) in [5.74, 6) is -2.94. The number of carboxylic acids is 1. The summed E-state index contributed by atoms with van der Waals surface area (Å²) in [7, 11) is 0. The van der Waals surface area contributed by atoms with Crippen molar-refractivity contribution in [3.05, 3.63) is 59.9 Å². The Bertz CT molecular complexity index is 686. The SMILES string of the molecule is C[C@@H](C(=O)NCC(=O)[O-])c1ccc(-c2ccccc2)c(F)c1. The van der Waals surface area contributed by atoms with Crippen LogP contribution >= 0.6 is 0 Å². The van der Waals surface area contributed by atoms with Crippen LogP contribution in [-0.4, -0.2) is 18.4 Å². The maximum Gasteiger partial charge on any atom is 0.227 e. The minimum Gasteiger partial charge on any atom is -0.548 e. The molecule has 1 N–H and O–H groups in total. The quantitative estimate of drug-likeness (QED) is 0.909. The molecule has 0 aliphatic heterocycles. The number of benzene rings is 2. The molecule has 114 valence electrons. The number of rotatable bonds is 5. The third-order valence-electron chi connectivity index (χ3n) is 3.38. The Hall–Kier alpha value is -2.69. The second-order valence-electron chi connectivity index (χ2n) is 4.92. The highest BCUT2D eigenvalue weighted by Crippen LogP contribution is 2.26. The zero-order valence-corrected chi connectivity index (χ0v) is 12.0. The van der Waals surface area contributed by atoms with E-state index in [0.29, 0.717) is 11.1 Å². The highest BCUT2D eigenvalue weighted by atomic mass is 19.1. The first-order chi connectivity index (χ1) is 10.5. The zero-order chi connectivity index (χ0) is 16.1. The summed E-state index contributed by atoms with van der Waals surface area (Å²) in [6.07, 6.45) is 0. The molecule has 0 unspecified atom stereocenters. The Morgan fingerprint density at radius 3 is 2.45 bits per heavy atom. The summed E-state index contributed by atoms with van der Waals surface area (Å²) in [4.78, 5) is 22.1. The lowest BCUT2D eigenvalue weighted by molar-refractivity contribution is -0.304. The Morgan fingerprint density at radius 2 is 1.86 bits per heavy atom. The van der Waals surface area contributed by atoms with Gasteiger partial charge in [-0.25, -0.2) is 4.39 Å². The minimum atomic E-state index is -1.37. The van der Waals surface area contributed by atoms with E-state index >= 15 is 0 Å². The fraction of sp³-hybridized carbons (Fsp3) is 0.176. The summed E-state index contributed by atoms with van der Waals surface area (Å²) in [6, 6.07) is 13.7. The van der Waals surface area contributed by atoms with E-state index in [1.807, 2.05) is 18.2 Å². The first-order valence-electron chi connectivity index (χ1n) is 6.81. The molecule has 2 aromatic rings. The molecule has 22 heavy (non-hydrogen) atoms. The number of nitrogens with one attached hydrogen (secondary N) is 1. The van der Waals surface area contributed by atoms with E-state index in [4.69, 9.17) is 0 Å². The molecule has 1 amide bonds. The van der Waals surface area contributed by atoms with Crippen LogP contribution in [0.5, 0.6) is 0 Å². The number of carboxylic acid groups (broad SMARTS) is 1. The average molecular weight is 300 g/mol. The van der Waals surface area contributed by atoms with Crippen LogP contribution in [0.1, 0.15) is 18.4 Å². The molecule has 0 bridgehead atoms. The van der Waals surface area contributed by atoms with Crippen molar-refractivity contribution in [2.24, 2.45) is 0 Å². The number of hydrogen-bond acceptors (Lipinski definition) is 3. The summed E-state index contributed by atoms with van der Waals surface area (Å²) in [6.45, 7) is 1.02. The van der Waals surface area contributed by atoms with Crippen molar-refractivity contribution in [3.63, 3.8) is 0 Å². The van der Waals surface area contributed by atoms with Crippen LogP contribution in [0.25, 0.3) is 11.1 Å². The van der Waals surface area contributed by atoms with E-state index in [-0.39, 0.29) is 0 Å². The number of amides is 1. The lowest BCUT2D eigenvalue weighted by Gasteiger charge is -2.14.